The van der Waals surface area contributed by atoms with E-state index in [0.717, 1.165) is 37.3 Å². The number of hydrogen-bond acceptors (Lipinski definition) is 5. The first kappa shape index (κ1) is 16.4. The summed E-state index contributed by atoms with van der Waals surface area (Å²) in [7, 11) is 0. The van der Waals surface area contributed by atoms with Crippen molar-refractivity contribution in [3.05, 3.63) is 70.6 Å². The van der Waals surface area contributed by atoms with Crippen LogP contribution in [0.3, 0.4) is 0 Å². The van der Waals surface area contributed by atoms with Crippen LogP contribution in [0.25, 0.3) is 11.0 Å². The van der Waals surface area contributed by atoms with Crippen LogP contribution in [0, 0.1) is 0 Å². The van der Waals surface area contributed by atoms with Crippen LogP contribution in [0.1, 0.15) is 10.4 Å². The number of piperazine rings is 1. The molecule has 132 valence electrons. The van der Waals surface area contributed by atoms with Gasteiger partial charge in [0.1, 0.15) is 11.1 Å². The smallest absolute Gasteiger partial charge is 0.349 e. The molecule has 2 heterocycles. The molecule has 6 heteroatoms. The first-order valence-electron chi connectivity index (χ1n) is 8.61. The van der Waals surface area contributed by atoms with E-state index in [0.29, 0.717) is 11.3 Å². The molecule has 2 aromatic carbocycles. The van der Waals surface area contributed by atoms with Crippen LogP contribution in [-0.4, -0.2) is 32.1 Å². The Morgan fingerprint density at radius 2 is 1.81 bits per heavy atom. The number of anilines is 2. The fourth-order valence-electron chi connectivity index (χ4n) is 3.10. The van der Waals surface area contributed by atoms with Gasteiger partial charge in [-0.2, -0.15) is 0 Å². The van der Waals surface area contributed by atoms with Crippen molar-refractivity contribution in [1.29, 1.82) is 0 Å². The number of benzene rings is 2. The lowest BCUT2D eigenvalue weighted by molar-refractivity contribution is 0.102. The molecule has 4 rings (SSSR count). The van der Waals surface area contributed by atoms with Crippen LogP contribution in [0.2, 0.25) is 0 Å². The molecule has 0 spiro atoms. The third-order valence-electron chi connectivity index (χ3n) is 4.48. The van der Waals surface area contributed by atoms with Crippen molar-refractivity contribution in [2.24, 2.45) is 0 Å². The van der Waals surface area contributed by atoms with E-state index in [-0.39, 0.29) is 5.56 Å². The molecule has 26 heavy (non-hydrogen) atoms. The maximum absolute atomic E-state index is 12.4. The average Bonchev–Trinajstić information content (AvgIpc) is 2.68. The maximum Gasteiger partial charge on any atom is 0.349 e. The van der Waals surface area contributed by atoms with Gasteiger partial charge in [-0.1, -0.05) is 18.2 Å². The van der Waals surface area contributed by atoms with Crippen LogP contribution in [-0.2, 0) is 0 Å². The Bertz CT molecular complexity index is 992. The van der Waals surface area contributed by atoms with Crippen LogP contribution in [0.5, 0.6) is 0 Å². The summed E-state index contributed by atoms with van der Waals surface area (Å²) in [5.41, 5.74) is 1.50. The molecule has 0 atom stereocenters. The first-order chi connectivity index (χ1) is 12.7. The molecular weight excluding hydrogens is 330 g/mol. The van der Waals surface area contributed by atoms with Gasteiger partial charge in [0.2, 0.25) is 0 Å². The van der Waals surface area contributed by atoms with Crippen LogP contribution in [0.15, 0.2) is 63.8 Å². The predicted octanol–water partition coefficient (Wildman–Crippen LogP) is 2.45. The Hall–Kier alpha value is -3.12. The lowest BCUT2D eigenvalue weighted by Crippen LogP contribution is -2.43. The van der Waals surface area contributed by atoms with E-state index in [9.17, 15) is 9.59 Å². The van der Waals surface area contributed by atoms with Gasteiger partial charge in [0.25, 0.3) is 5.91 Å². The summed E-state index contributed by atoms with van der Waals surface area (Å²) in [6.45, 7) is 3.68. The summed E-state index contributed by atoms with van der Waals surface area (Å²) in [5.74, 6) is -0.474. The van der Waals surface area contributed by atoms with E-state index in [1.54, 1.807) is 18.2 Å². The second kappa shape index (κ2) is 7.01. The summed E-state index contributed by atoms with van der Waals surface area (Å²) in [6.07, 6.45) is 0. The van der Waals surface area contributed by atoms with Crippen molar-refractivity contribution in [2.75, 3.05) is 36.4 Å². The van der Waals surface area contributed by atoms with Crippen LogP contribution >= 0.6 is 0 Å². The van der Waals surface area contributed by atoms with Gasteiger partial charge in [0.15, 0.2) is 0 Å². The highest BCUT2D eigenvalue weighted by atomic mass is 16.4. The van der Waals surface area contributed by atoms with Crippen molar-refractivity contribution in [3.8, 4) is 0 Å². The number of nitrogens with one attached hydrogen (secondary N) is 2. The molecule has 1 amide bonds. The second-order valence-corrected chi connectivity index (χ2v) is 6.23. The molecule has 0 saturated carbocycles. The highest BCUT2D eigenvalue weighted by Crippen LogP contribution is 2.22. The topological polar surface area (TPSA) is 74.6 Å². The van der Waals surface area contributed by atoms with Gasteiger partial charge in [-0.25, -0.2) is 4.79 Å². The Morgan fingerprint density at radius 1 is 1.04 bits per heavy atom. The zero-order valence-corrected chi connectivity index (χ0v) is 14.2. The Balaban J connectivity index is 1.64. The molecular formula is C20H19N3O3. The fourth-order valence-corrected chi connectivity index (χ4v) is 3.10. The standard InChI is InChI=1S/C20H19N3O3/c24-19(22-15-4-2-1-3-5-15)17-12-14-6-7-16(13-18(14)26-20(17)25)23-10-8-21-9-11-23/h1-7,12-13,21H,8-11H2,(H,22,24). The summed E-state index contributed by atoms with van der Waals surface area (Å²) in [4.78, 5) is 26.9. The molecule has 1 fully saturated rings. The average molecular weight is 349 g/mol. The molecule has 1 aliphatic heterocycles. The predicted molar refractivity (Wildman–Crippen MR) is 102 cm³/mol. The molecule has 1 aliphatic rings. The molecule has 1 saturated heterocycles. The summed E-state index contributed by atoms with van der Waals surface area (Å²) < 4.78 is 5.42. The molecule has 0 radical (unpaired) electrons. The van der Waals surface area contributed by atoms with Crippen molar-refractivity contribution in [3.63, 3.8) is 0 Å². The maximum atomic E-state index is 12.4. The molecule has 2 N–H and O–H groups in total. The quantitative estimate of drug-likeness (QED) is 0.711. The first-order valence-corrected chi connectivity index (χ1v) is 8.61. The Morgan fingerprint density at radius 3 is 2.58 bits per heavy atom. The zero-order chi connectivity index (χ0) is 17.9. The van der Waals surface area contributed by atoms with E-state index in [1.807, 2.05) is 36.4 Å². The minimum absolute atomic E-state index is 0.00345. The van der Waals surface area contributed by atoms with Gasteiger partial charge < -0.3 is 20.0 Å². The van der Waals surface area contributed by atoms with Gasteiger partial charge in [0, 0.05) is 49.0 Å². The molecule has 6 nitrogen and oxygen atoms in total. The van der Waals surface area contributed by atoms with E-state index in [4.69, 9.17) is 4.42 Å². The van der Waals surface area contributed by atoms with Gasteiger partial charge in [0.05, 0.1) is 0 Å². The van der Waals surface area contributed by atoms with E-state index in [1.165, 1.54) is 0 Å². The van der Waals surface area contributed by atoms with E-state index >= 15 is 0 Å². The second-order valence-electron chi connectivity index (χ2n) is 6.23. The van der Waals surface area contributed by atoms with Gasteiger partial charge in [-0.15, -0.1) is 0 Å². The number of carbonyl (C=O) groups is 1. The summed E-state index contributed by atoms with van der Waals surface area (Å²) >= 11 is 0. The minimum atomic E-state index is -0.636. The van der Waals surface area contributed by atoms with E-state index in [2.05, 4.69) is 15.5 Å². The molecule has 0 aliphatic carbocycles. The normalized spacial score (nSPS) is 14.4. The van der Waals surface area contributed by atoms with Crippen LogP contribution < -0.4 is 21.2 Å². The number of carbonyl (C=O) groups excluding carboxylic acids is 1. The molecule has 0 bridgehead atoms. The molecule has 1 aromatic heterocycles. The number of amides is 1. The Kier molecular flexibility index (Phi) is 4.41. The van der Waals surface area contributed by atoms with Crippen molar-refractivity contribution < 1.29 is 9.21 Å². The Labute approximate surface area is 150 Å². The van der Waals surface area contributed by atoms with Crippen molar-refractivity contribution in [1.82, 2.24) is 5.32 Å². The monoisotopic (exact) mass is 349 g/mol. The highest BCUT2D eigenvalue weighted by Gasteiger charge is 2.16. The minimum Gasteiger partial charge on any atom is -0.422 e. The molecule has 3 aromatic rings. The van der Waals surface area contributed by atoms with Gasteiger partial charge in [-0.3, -0.25) is 4.79 Å². The summed E-state index contributed by atoms with van der Waals surface area (Å²) in [5, 5.41) is 6.75. The van der Waals surface area contributed by atoms with E-state index < -0.39 is 11.5 Å². The number of nitrogens with zero attached hydrogens (tertiary/aromatic N) is 1. The number of rotatable bonds is 3. The van der Waals surface area contributed by atoms with Crippen LogP contribution in [0.4, 0.5) is 11.4 Å². The zero-order valence-electron chi connectivity index (χ0n) is 14.2. The van der Waals surface area contributed by atoms with Gasteiger partial charge in [-0.05, 0) is 30.3 Å². The highest BCUT2D eigenvalue weighted by molar-refractivity contribution is 6.05. The number of fused-ring (bicyclic) bond motifs is 1. The lowest BCUT2D eigenvalue weighted by Gasteiger charge is -2.29. The lowest BCUT2D eigenvalue weighted by atomic mass is 10.1. The largest absolute Gasteiger partial charge is 0.422 e. The number of para-hydroxylation sites is 1. The number of hydrogen-bond donors (Lipinski definition) is 2. The summed E-state index contributed by atoms with van der Waals surface area (Å²) in [6, 6.07) is 16.3. The SMILES string of the molecule is O=C(Nc1ccccc1)c1cc2ccc(N3CCNCC3)cc2oc1=O. The van der Waals surface area contributed by atoms with Crippen molar-refractivity contribution >= 4 is 28.3 Å². The third kappa shape index (κ3) is 3.32. The molecule has 0 unspecified atom stereocenters. The third-order valence-corrected chi connectivity index (χ3v) is 4.48. The van der Waals surface area contributed by atoms with Gasteiger partial charge >= 0.3 is 5.63 Å². The van der Waals surface area contributed by atoms with Crippen molar-refractivity contribution in [2.45, 2.75) is 0 Å². The fraction of sp³-hybridized carbons (Fsp3) is 0.200.